The van der Waals surface area contributed by atoms with E-state index in [9.17, 15) is 22.7 Å². The summed E-state index contributed by atoms with van der Waals surface area (Å²) >= 11 is 0. The molecule has 0 saturated heterocycles. The standard InChI is InChI=1S/C20H15F4N7O2/c1-33-19-26-8-12(9-27-19)11-2-5-16(25-7-11)17(31-10-28-29-30-31)20(32,18(23)24)14-4-3-13(21)6-15(14)22/h2-10,17-18,32H,1H3. The number of alkyl halides is 2. The minimum absolute atomic E-state index is 0.105. The highest BCUT2D eigenvalue weighted by atomic mass is 19.3. The lowest BCUT2D eigenvalue weighted by molar-refractivity contribution is -0.131. The first kappa shape index (κ1) is 22.2. The van der Waals surface area contributed by atoms with Crippen molar-refractivity contribution in [3.63, 3.8) is 0 Å². The van der Waals surface area contributed by atoms with Gasteiger partial charge in [0.1, 0.15) is 24.0 Å². The molecule has 0 fully saturated rings. The summed E-state index contributed by atoms with van der Waals surface area (Å²) in [4.78, 5) is 12.2. The highest BCUT2D eigenvalue weighted by molar-refractivity contribution is 5.60. The molecule has 1 N–H and O–H groups in total. The fraction of sp³-hybridized carbons (Fsp3) is 0.200. The number of benzene rings is 1. The van der Waals surface area contributed by atoms with Crippen LogP contribution in [0.15, 0.2) is 55.2 Å². The van der Waals surface area contributed by atoms with Gasteiger partial charge in [0.25, 0.3) is 6.43 Å². The molecule has 2 atom stereocenters. The first-order valence-electron chi connectivity index (χ1n) is 9.35. The fourth-order valence-electron chi connectivity index (χ4n) is 3.36. The van der Waals surface area contributed by atoms with E-state index >= 15 is 0 Å². The number of rotatable bonds is 7. The van der Waals surface area contributed by atoms with Crippen molar-refractivity contribution in [2.75, 3.05) is 7.11 Å². The first-order chi connectivity index (χ1) is 15.8. The predicted octanol–water partition coefficient (Wildman–Crippen LogP) is 2.55. The average molecular weight is 461 g/mol. The average Bonchev–Trinajstić information content (AvgIpc) is 3.33. The van der Waals surface area contributed by atoms with Crippen LogP contribution >= 0.6 is 0 Å². The minimum atomic E-state index is -3.52. The number of ether oxygens (including phenoxy) is 1. The van der Waals surface area contributed by atoms with Crippen LogP contribution in [0.5, 0.6) is 6.01 Å². The van der Waals surface area contributed by atoms with Gasteiger partial charge in [0, 0.05) is 41.3 Å². The Kier molecular flexibility index (Phi) is 5.96. The maximum absolute atomic E-state index is 14.5. The zero-order valence-corrected chi connectivity index (χ0v) is 16.8. The second kappa shape index (κ2) is 8.86. The number of aromatic nitrogens is 7. The van der Waals surface area contributed by atoms with Crippen LogP contribution in [0.3, 0.4) is 0 Å². The molecule has 13 heteroatoms. The lowest BCUT2D eigenvalue weighted by atomic mass is 9.84. The van der Waals surface area contributed by atoms with Gasteiger partial charge in [-0.2, -0.15) is 0 Å². The second-order valence-corrected chi connectivity index (χ2v) is 6.87. The quantitative estimate of drug-likeness (QED) is 0.418. The molecule has 1 aromatic carbocycles. The van der Waals surface area contributed by atoms with Gasteiger partial charge in [0.15, 0.2) is 5.60 Å². The number of hydrogen-bond acceptors (Lipinski definition) is 8. The van der Waals surface area contributed by atoms with Crippen LogP contribution in [0.2, 0.25) is 0 Å². The number of hydrogen-bond donors (Lipinski definition) is 1. The SMILES string of the molecule is COc1ncc(-c2ccc(C(n3cnnn3)C(O)(c3ccc(F)cc3F)C(F)F)nc2)cn1. The molecular weight excluding hydrogens is 446 g/mol. The predicted molar refractivity (Wildman–Crippen MR) is 104 cm³/mol. The van der Waals surface area contributed by atoms with Gasteiger partial charge in [-0.05, 0) is 28.6 Å². The van der Waals surface area contributed by atoms with E-state index in [4.69, 9.17) is 4.74 Å². The molecule has 0 bridgehead atoms. The minimum Gasteiger partial charge on any atom is -0.467 e. The summed E-state index contributed by atoms with van der Waals surface area (Å²) in [5, 5.41) is 21.6. The zero-order chi connectivity index (χ0) is 23.6. The molecule has 2 unspecified atom stereocenters. The normalized spacial score (nSPS) is 14.2. The van der Waals surface area contributed by atoms with Gasteiger partial charge >= 0.3 is 6.01 Å². The molecular formula is C20H15F4N7O2. The Hall–Kier alpha value is -4.00. The summed E-state index contributed by atoms with van der Waals surface area (Å²) in [6.07, 6.45) is 1.75. The number of tetrazole rings is 1. The summed E-state index contributed by atoms with van der Waals surface area (Å²) in [5.41, 5.74) is -3.04. The van der Waals surface area contributed by atoms with E-state index in [1.54, 1.807) is 0 Å². The van der Waals surface area contributed by atoms with E-state index < -0.39 is 35.3 Å². The number of pyridine rings is 1. The lowest BCUT2D eigenvalue weighted by Crippen LogP contribution is -2.45. The molecule has 0 aliphatic rings. The van der Waals surface area contributed by atoms with Crippen molar-refractivity contribution >= 4 is 0 Å². The number of methoxy groups -OCH3 is 1. The second-order valence-electron chi connectivity index (χ2n) is 6.87. The summed E-state index contributed by atoms with van der Waals surface area (Å²) < 4.78 is 62.4. The van der Waals surface area contributed by atoms with Gasteiger partial charge in [-0.25, -0.2) is 32.2 Å². The number of aliphatic hydroxyl groups is 1. The van der Waals surface area contributed by atoms with Crippen molar-refractivity contribution in [2.45, 2.75) is 18.1 Å². The van der Waals surface area contributed by atoms with Crippen molar-refractivity contribution in [3.05, 3.63) is 78.1 Å². The number of halogens is 4. The highest BCUT2D eigenvalue weighted by Gasteiger charge is 2.51. The number of nitrogens with zero attached hydrogens (tertiary/aromatic N) is 7. The zero-order valence-electron chi connectivity index (χ0n) is 16.8. The van der Waals surface area contributed by atoms with Crippen LogP contribution in [0.4, 0.5) is 17.6 Å². The van der Waals surface area contributed by atoms with E-state index in [1.807, 2.05) is 0 Å². The molecule has 4 aromatic rings. The van der Waals surface area contributed by atoms with Crippen molar-refractivity contribution in [3.8, 4) is 17.1 Å². The maximum atomic E-state index is 14.5. The Labute approximate surface area is 183 Å². The van der Waals surface area contributed by atoms with Crippen LogP contribution in [-0.2, 0) is 5.60 Å². The Balaban J connectivity index is 1.82. The molecule has 0 spiro atoms. The molecule has 33 heavy (non-hydrogen) atoms. The Morgan fingerprint density at radius 1 is 1.00 bits per heavy atom. The van der Waals surface area contributed by atoms with Gasteiger partial charge < -0.3 is 9.84 Å². The first-order valence-corrected chi connectivity index (χ1v) is 9.35. The third kappa shape index (κ3) is 4.09. The van der Waals surface area contributed by atoms with E-state index in [0.29, 0.717) is 17.2 Å². The van der Waals surface area contributed by atoms with Gasteiger partial charge in [-0.1, -0.05) is 6.07 Å². The highest BCUT2D eigenvalue weighted by Crippen LogP contribution is 2.43. The lowest BCUT2D eigenvalue weighted by Gasteiger charge is -2.35. The van der Waals surface area contributed by atoms with Crippen LogP contribution in [0, 0.1) is 11.6 Å². The van der Waals surface area contributed by atoms with Gasteiger partial charge in [-0.3, -0.25) is 4.98 Å². The Morgan fingerprint density at radius 3 is 2.27 bits per heavy atom. The summed E-state index contributed by atoms with van der Waals surface area (Å²) in [5.74, 6) is -2.35. The summed E-state index contributed by atoms with van der Waals surface area (Å²) in [7, 11) is 1.42. The van der Waals surface area contributed by atoms with Crippen molar-refractivity contribution in [1.29, 1.82) is 0 Å². The molecule has 9 nitrogen and oxygen atoms in total. The molecule has 0 saturated carbocycles. The van der Waals surface area contributed by atoms with Crippen molar-refractivity contribution < 1.29 is 27.4 Å². The Bertz CT molecular complexity index is 1220. The monoisotopic (exact) mass is 461 g/mol. The third-order valence-corrected chi connectivity index (χ3v) is 4.95. The van der Waals surface area contributed by atoms with Crippen molar-refractivity contribution in [1.82, 2.24) is 35.2 Å². The third-order valence-electron chi connectivity index (χ3n) is 4.95. The Morgan fingerprint density at radius 2 is 1.73 bits per heavy atom. The van der Waals surface area contributed by atoms with E-state index in [0.717, 1.165) is 23.1 Å². The fourth-order valence-corrected chi connectivity index (χ4v) is 3.36. The van der Waals surface area contributed by atoms with Crippen LogP contribution in [0.1, 0.15) is 17.3 Å². The molecule has 3 aromatic heterocycles. The van der Waals surface area contributed by atoms with E-state index in [-0.39, 0.29) is 11.7 Å². The summed E-state index contributed by atoms with van der Waals surface area (Å²) in [6, 6.07) is 3.19. The van der Waals surface area contributed by atoms with Gasteiger partial charge in [-0.15, -0.1) is 5.10 Å². The van der Waals surface area contributed by atoms with Gasteiger partial charge in [0.2, 0.25) is 0 Å². The van der Waals surface area contributed by atoms with Crippen LogP contribution in [-0.4, -0.2) is 53.8 Å². The summed E-state index contributed by atoms with van der Waals surface area (Å²) in [6.45, 7) is 0. The van der Waals surface area contributed by atoms with Crippen LogP contribution < -0.4 is 4.74 Å². The topological polar surface area (TPSA) is 112 Å². The molecule has 170 valence electrons. The molecule has 3 heterocycles. The van der Waals surface area contributed by atoms with Crippen LogP contribution in [0.25, 0.3) is 11.1 Å². The van der Waals surface area contributed by atoms with Crippen molar-refractivity contribution in [2.24, 2.45) is 0 Å². The molecule has 0 amide bonds. The molecule has 4 rings (SSSR count). The molecule has 0 aliphatic carbocycles. The van der Waals surface area contributed by atoms with Gasteiger partial charge in [0.05, 0.1) is 12.8 Å². The molecule has 0 radical (unpaired) electrons. The smallest absolute Gasteiger partial charge is 0.316 e. The largest absolute Gasteiger partial charge is 0.467 e. The molecule has 0 aliphatic heterocycles. The van der Waals surface area contributed by atoms with E-state index in [2.05, 4.69) is 30.5 Å². The maximum Gasteiger partial charge on any atom is 0.316 e. The van der Waals surface area contributed by atoms with E-state index in [1.165, 1.54) is 37.8 Å².